The van der Waals surface area contributed by atoms with Crippen LogP contribution in [0.3, 0.4) is 0 Å². The molecule has 1 aliphatic carbocycles. The molecule has 1 saturated carbocycles. The minimum Gasteiger partial charge on any atom is -0.870 e. The summed E-state index contributed by atoms with van der Waals surface area (Å²) in [6.07, 6.45) is 5.12. The first kappa shape index (κ1) is 12.6. The van der Waals surface area contributed by atoms with E-state index in [1.54, 1.807) is 0 Å². The van der Waals surface area contributed by atoms with E-state index in [0.717, 1.165) is 12.3 Å². The van der Waals surface area contributed by atoms with Crippen molar-refractivity contribution in [1.29, 1.82) is 0 Å². The van der Waals surface area contributed by atoms with Crippen molar-refractivity contribution in [2.45, 2.75) is 31.6 Å². The Kier molecular flexibility index (Phi) is 7.20. The Bertz CT molecular complexity index is 76.1. The van der Waals surface area contributed by atoms with Crippen LogP contribution >= 0.6 is 0 Å². The van der Waals surface area contributed by atoms with Gasteiger partial charge in [0.05, 0.1) is 0 Å². The molecule has 0 aromatic rings. The van der Waals surface area contributed by atoms with Crippen molar-refractivity contribution in [3.8, 4) is 0 Å². The smallest absolute Gasteiger partial charge is 0.870 e. The Hall–Kier alpha value is -0.0551. The predicted molar refractivity (Wildman–Crippen MR) is 39.6 cm³/mol. The molecule has 1 unspecified atom stereocenters. The van der Waals surface area contributed by atoms with Gasteiger partial charge in [-0.05, 0) is 0 Å². The maximum atomic E-state index is 5.38. The Morgan fingerprint density at radius 3 is 2.00 bits per heavy atom. The molecule has 1 rings (SSSR count). The van der Waals surface area contributed by atoms with Gasteiger partial charge in [0, 0.05) is 0 Å². The van der Waals surface area contributed by atoms with Crippen LogP contribution in [0.4, 0.5) is 0 Å². The van der Waals surface area contributed by atoms with E-state index in [0.29, 0.717) is 0 Å². The molecular weight excluding hydrogens is 129 g/mol. The van der Waals surface area contributed by atoms with Crippen molar-refractivity contribution in [2.24, 2.45) is 11.7 Å². The molecule has 3 nitrogen and oxygen atoms in total. The summed E-state index contributed by atoms with van der Waals surface area (Å²) in [5.74, 6) is 0.787. The molecule has 0 spiro atoms. The molecular formula is C6H14BNO2. The molecule has 0 bridgehead atoms. The Morgan fingerprint density at radius 2 is 1.90 bits per heavy atom. The monoisotopic (exact) mass is 143 g/mol. The van der Waals surface area contributed by atoms with Gasteiger partial charge in [-0.1, -0.05) is 0 Å². The SMILES string of the molecule is [B+2]C(N)CC1CCC1.[OH-].[OH-]. The van der Waals surface area contributed by atoms with Gasteiger partial charge in [0.25, 0.3) is 0 Å². The summed E-state index contributed by atoms with van der Waals surface area (Å²) in [6.45, 7) is 0. The second-order valence-corrected chi connectivity index (χ2v) is 2.70. The van der Waals surface area contributed by atoms with Crippen LogP contribution in [0.25, 0.3) is 0 Å². The fourth-order valence-corrected chi connectivity index (χ4v) is 1.11. The van der Waals surface area contributed by atoms with Crippen molar-refractivity contribution >= 4 is 7.85 Å². The van der Waals surface area contributed by atoms with E-state index in [2.05, 4.69) is 0 Å². The second kappa shape index (κ2) is 5.71. The molecule has 0 radical (unpaired) electrons. The normalized spacial score (nSPS) is 19.9. The third-order valence-corrected chi connectivity index (χ3v) is 1.83. The average Bonchev–Trinajstić information content (AvgIpc) is 1.55. The minimum absolute atomic E-state index is 0. The first-order valence-electron chi connectivity index (χ1n) is 3.30. The first-order chi connectivity index (χ1) is 3.79. The summed E-state index contributed by atoms with van der Waals surface area (Å²) in [4.78, 5) is 0. The van der Waals surface area contributed by atoms with Crippen LogP contribution in [-0.2, 0) is 0 Å². The summed E-state index contributed by atoms with van der Waals surface area (Å²) in [6, 6.07) is 0. The molecule has 1 atom stereocenters. The Morgan fingerprint density at radius 1 is 1.40 bits per heavy atom. The van der Waals surface area contributed by atoms with Gasteiger partial charge in [-0.15, -0.1) is 0 Å². The van der Waals surface area contributed by atoms with E-state index in [9.17, 15) is 0 Å². The van der Waals surface area contributed by atoms with Crippen LogP contribution in [-0.4, -0.2) is 24.7 Å². The largest absolute Gasteiger partial charge is 0.870 e. The standard InChI is InChI=1S/C6H12BN.2H2O/c7-6(8)4-5-2-1-3-5;;/h5-6H,1-4,8H2;2*1H2/q+2;;/p-2. The van der Waals surface area contributed by atoms with Crippen molar-refractivity contribution < 1.29 is 11.0 Å². The summed E-state index contributed by atoms with van der Waals surface area (Å²) in [5, 5.41) is 0. The van der Waals surface area contributed by atoms with Crippen LogP contribution in [0.5, 0.6) is 0 Å². The fraction of sp³-hybridized carbons (Fsp3) is 1.00. The van der Waals surface area contributed by atoms with E-state index in [4.69, 9.17) is 13.6 Å². The molecule has 0 saturated heterocycles. The van der Waals surface area contributed by atoms with Crippen molar-refractivity contribution in [3.63, 3.8) is 0 Å². The van der Waals surface area contributed by atoms with Gasteiger partial charge in [0.15, 0.2) is 0 Å². The Labute approximate surface area is 63.0 Å². The molecule has 0 aliphatic heterocycles. The molecule has 0 amide bonds. The van der Waals surface area contributed by atoms with Crippen molar-refractivity contribution in [1.82, 2.24) is 0 Å². The molecule has 0 aromatic carbocycles. The number of hydrogen-bond acceptors (Lipinski definition) is 3. The van der Waals surface area contributed by atoms with E-state index in [1.807, 2.05) is 0 Å². The van der Waals surface area contributed by atoms with Crippen molar-refractivity contribution in [2.75, 3.05) is 0 Å². The van der Waals surface area contributed by atoms with E-state index >= 15 is 0 Å². The zero-order chi connectivity index (χ0) is 5.98. The van der Waals surface area contributed by atoms with Crippen molar-refractivity contribution in [3.05, 3.63) is 0 Å². The van der Waals surface area contributed by atoms with Gasteiger partial charge in [-0.3, -0.25) is 0 Å². The number of hydrogen-bond donors (Lipinski definition) is 1. The number of nitrogens with two attached hydrogens (primary N) is 1. The van der Waals surface area contributed by atoms with Crippen LogP contribution in [0.2, 0.25) is 0 Å². The van der Waals surface area contributed by atoms with E-state index in [-0.39, 0.29) is 16.9 Å². The molecule has 10 heavy (non-hydrogen) atoms. The quantitative estimate of drug-likeness (QED) is 0.563. The summed E-state index contributed by atoms with van der Waals surface area (Å²) >= 11 is 0. The first-order valence-corrected chi connectivity index (χ1v) is 3.30. The van der Waals surface area contributed by atoms with Gasteiger partial charge < -0.3 is 11.0 Å². The summed E-state index contributed by atoms with van der Waals surface area (Å²) < 4.78 is 0. The molecule has 58 valence electrons. The zero-order valence-electron chi connectivity index (χ0n) is 6.03. The van der Waals surface area contributed by atoms with E-state index < -0.39 is 0 Å². The molecule has 0 heterocycles. The maximum absolute atomic E-state index is 5.38. The molecule has 4 heteroatoms. The van der Waals surface area contributed by atoms with Gasteiger partial charge in [0.2, 0.25) is 0 Å². The minimum atomic E-state index is -0.0692. The third-order valence-electron chi connectivity index (χ3n) is 1.83. The van der Waals surface area contributed by atoms with Gasteiger partial charge >= 0.3 is 51.1 Å². The van der Waals surface area contributed by atoms with Crippen LogP contribution in [0.15, 0.2) is 0 Å². The molecule has 4 N–H and O–H groups in total. The number of rotatable bonds is 2. The van der Waals surface area contributed by atoms with Gasteiger partial charge in [-0.2, -0.15) is 0 Å². The zero-order valence-corrected chi connectivity index (χ0v) is 6.03. The van der Waals surface area contributed by atoms with Gasteiger partial charge in [-0.25, -0.2) is 0 Å². The second-order valence-electron chi connectivity index (χ2n) is 2.70. The fourth-order valence-electron chi connectivity index (χ4n) is 1.11. The molecule has 1 aliphatic rings. The third kappa shape index (κ3) is 3.87. The Balaban J connectivity index is 0. The average molecular weight is 143 g/mol. The van der Waals surface area contributed by atoms with E-state index in [1.165, 1.54) is 19.3 Å². The summed E-state index contributed by atoms with van der Waals surface area (Å²) in [5.41, 5.74) is 5.38. The van der Waals surface area contributed by atoms with Crippen LogP contribution in [0, 0.1) is 5.92 Å². The topological polar surface area (TPSA) is 86.0 Å². The van der Waals surface area contributed by atoms with Gasteiger partial charge in [0.1, 0.15) is 0 Å². The predicted octanol–water partition coefficient (Wildman–Crippen LogP) is 0.276. The van der Waals surface area contributed by atoms with Crippen LogP contribution < -0.4 is 5.73 Å². The molecule has 1 fully saturated rings. The molecule has 0 aromatic heterocycles. The summed E-state index contributed by atoms with van der Waals surface area (Å²) in [7, 11) is 5.38. The van der Waals surface area contributed by atoms with Crippen LogP contribution in [0.1, 0.15) is 25.7 Å². The maximum Gasteiger partial charge on any atom is -0.870 e.